The van der Waals surface area contributed by atoms with Crippen molar-refractivity contribution in [1.29, 1.82) is 0 Å². The van der Waals surface area contributed by atoms with Gasteiger partial charge in [0.1, 0.15) is 11.0 Å². The molecule has 0 aliphatic carbocycles. The molecule has 2 aromatic rings. The van der Waals surface area contributed by atoms with Gasteiger partial charge in [0.05, 0.1) is 6.20 Å². The quantitative estimate of drug-likeness (QED) is 0.537. The number of rotatable bonds is 0. The molecule has 0 saturated heterocycles. The molecule has 0 fully saturated rings. The highest BCUT2D eigenvalue weighted by Crippen LogP contribution is 2.00. The molecule has 0 aliphatic rings. The van der Waals surface area contributed by atoms with Crippen molar-refractivity contribution in [3.05, 3.63) is 18.7 Å². The average Bonchev–Trinajstić information content (AvgIpc) is 2.33. The summed E-state index contributed by atoms with van der Waals surface area (Å²) in [5.74, 6) is 0. The Morgan fingerprint density at radius 3 is 3.33 bits per heavy atom. The minimum atomic E-state index is 0.772. The van der Waals surface area contributed by atoms with Crippen molar-refractivity contribution in [3.8, 4) is 0 Å². The second-order valence-corrected chi connectivity index (χ2v) is 1.63. The van der Waals surface area contributed by atoms with Crippen LogP contribution in [0, 0.1) is 6.33 Å². The lowest BCUT2D eigenvalue weighted by Gasteiger charge is -1.77. The number of fused-ring (bicyclic) bond motifs is 1. The Balaban J connectivity index is 2.95. The topological polar surface area (TPSA) is 54.5 Å². The van der Waals surface area contributed by atoms with E-state index in [1.165, 1.54) is 0 Å². The molecule has 0 unspecified atom stereocenters. The lowest BCUT2D eigenvalue weighted by atomic mass is 10.5. The summed E-state index contributed by atoms with van der Waals surface area (Å²) >= 11 is 0. The molecule has 2 heterocycles. The molecule has 0 atom stereocenters. The molecule has 4 nitrogen and oxygen atoms in total. The van der Waals surface area contributed by atoms with E-state index in [1.807, 2.05) is 0 Å². The molecule has 0 spiro atoms. The van der Waals surface area contributed by atoms with Gasteiger partial charge in [0.25, 0.3) is 0 Å². The van der Waals surface area contributed by atoms with Crippen LogP contribution in [0.2, 0.25) is 0 Å². The number of nitrogens with zero attached hydrogens (tertiary/aromatic N) is 3. The highest BCUT2D eigenvalue weighted by molar-refractivity contribution is 5.71. The van der Waals surface area contributed by atoms with Crippen molar-refractivity contribution in [2.75, 3.05) is 0 Å². The SMILES string of the molecule is [c]1ncc2n[nH]cc2n1. The molecule has 0 bridgehead atoms. The Morgan fingerprint density at radius 2 is 2.44 bits per heavy atom. The summed E-state index contributed by atoms with van der Waals surface area (Å²) < 4.78 is 0. The Morgan fingerprint density at radius 1 is 1.44 bits per heavy atom. The molecule has 1 radical (unpaired) electrons. The molecule has 1 N–H and O–H groups in total. The van der Waals surface area contributed by atoms with Gasteiger partial charge in [-0.15, -0.1) is 0 Å². The lowest BCUT2D eigenvalue weighted by molar-refractivity contribution is 1.11. The first-order chi connectivity index (χ1) is 4.47. The molecule has 4 heteroatoms. The Kier molecular flexibility index (Phi) is 0.745. The van der Waals surface area contributed by atoms with Gasteiger partial charge in [0, 0.05) is 6.20 Å². The Bertz CT molecular complexity index is 283. The van der Waals surface area contributed by atoms with Gasteiger partial charge in [0.15, 0.2) is 6.33 Å². The largest absolute Gasteiger partial charge is 0.283 e. The van der Waals surface area contributed by atoms with Gasteiger partial charge >= 0.3 is 0 Å². The first-order valence-corrected chi connectivity index (χ1v) is 2.49. The number of aromatic amines is 1. The predicted octanol–water partition coefficient (Wildman–Crippen LogP) is 0.153. The first-order valence-electron chi connectivity index (χ1n) is 2.49. The lowest BCUT2D eigenvalue weighted by Crippen LogP contribution is -1.75. The second kappa shape index (κ2) is 1.51. The smallest absolute Gasteiger partial charge is 0.198 e. The molecule has 2 rings (SSSR count). The van der Waals surface area contributed by atoms with Crippen LogP contribution >= 0.6 is 0 Å². The molecule has 43 valence electrons. The maximum absolute atomic E-state index is 3.85. The van der Waals surface area contributed by atoms with Crippen molar-refractivity contribution < 1.29 is 0 Å². The van der Waals surface area contributed by atoms with Gasteiger partial charge in [-0.25, -0.2) is 9.97 Å². The van der Waals surface area contributed by atoms with Crippen LogP contribution in [0.5, 0.6) is 0 Å². The van der Waals surface area contributed by atoms with Crippen LogP contribution in [-0.4, -0.2) is 20.2 Å². The zero-order valence-electron chi connectivity index (χ0n) is 4.50. The molecular formula is C5H3N4. The fraction of sp³-hybridized carbons (Fsp3) is 0. The fourth-order valence-corrected chi connectivity index (χ4v) is 0.651. The number of H-pyrrole nitrogens is 1. The van der Waals surface area contributed by atoms with Gasteiger partial charge < -0.3 is 0 Å². The van der Waals surface area contributed by atoms with E-state index < -0.39 is 0 Å². The predicted molar refractivity (Wildman–Crippen MR) is 30.5 cm³/mol. The second-order valence-electron chi connectivity index (χ2n) is 1.63. The van der Waals surface area contributed by atoms with Crippen LogP contribution in [0.4, 0.5) is 0 Å². The molecular weight excluding hydrogens is 116 g/mol. The van der Waals surface area contributed by atoms with Gasteiger partial charge in [0.2, 0.25) is 0 Å². The molecule has 0 aromatic carbocycles. The minimum Gasteiger partial charge on any atom is -0.283 e. The number of hydrogen-bond acceptors (Lipinski definition) is 3. The third kappa shape index (κ3) is 0.561. The van der Waals surface area contributed by atoms with Crippen LogP contribution in [0.1, 0.15) is 0 Å². The summed E-state index contributed by atoms with van der Waals surface area (Å²) in [6.07, 6.45) is 5.77. The van der Waals surface area contributed by atoms with Crippen LogP contribution < -0.4 is 0 Å². The molecule has 9 heavy (non-hydrogen) atoms. The zero-order chi connectivity index (χ0) is 6.10. The third-order valence-corrected chi connectivity index (χ3v) is 1.06. The summed E-state index contributed by atoms with van der Waals surface area (Å²) in [7, 11) is 0. The van der Waals surface area contributed by atoms with Crippen LogP contribution in [0.25, 0.3) is 11.0 Å². The maximum Gasteiger partial charge on any atom is 0.198 e. The highest BCUT2D eigenvalue weighted by atomic mass is 15.1. The van der Waals surface area contributed by atoms with Crippen molar-refractivity contribution in [2.45, 2.75) is 0 Å². The van der Waals surface area contributed by atoms with E-state index in [-0.39, 0.29) is 0 Å². The minimum absolute atomic E-state index is 0.772. The normalized spacial score (nSPS) is 10.2. The summed E-state index contributed by atoms with van der Waals surface area (Å²) in [4.78, 5) is 7.48. The average molecular weight is 119 g/mol. The number of hydrogen-bond donors (Lipinski definition) is 1. The van der Waals surface area contributed by atoms with Crippen LogP contribution in [0.3, 0.4) is 0 Å². The third-order valence-electron chi connectivity index (χ3n) is 1.06. The first kappa shape index (κ1) is 4.43. The van der Waals surface area contributed by atoms with Crippen LogP contribution in [-0.2, 0) is 0 Å². The summed E-state index contributed by atoms with van der Waals surface area (Å²) in [6, 6.07) is 0. The van der Waals surface area contributed by atoms with Crippen molar-refractivity contribution >= 4 is 11.0 Å². The van der Waals surface area contributed by atoms with E-state index >= 15 is 0 Å². The monoisotopic (exact) mass is 119 g/mol. The van der Waals surface area contributed by atoms with E-state index in [9.17, 15) is 0 Å². The molecule has 0 amide bonds. The highest BCUT2D eigenvalue weighted by Gasteiger charge is 1.92. The zero-order valence-corrected chi connectivity index (χ0v) is 4.50. The summed E-state index contributed by atoms with van der Waals surface area (Å²) in [5.41, 5.74) is 1.57. The maximum atomic E-state index is 3.85. The Labute approximate surface area is 50.9 Å². The standard InChI is InChI=1S/C5H3N4/c1-5-4(2-8-9-5)7-3-6-1/h1-2H,(H,8,9). The van der Waals surface area contributed by atoms with Gasteiger partial charge in [-0.05, 0) is 0 Å². The van der Waals surface area contributed by atoms with Gasteiger partial charge in [-0.1, -0.05) is 0 Å². The van der Waals surface area contributed by atoms with Crippen LogP contribution in [0.15, 0.2) is 12.4 Å². The molecule has 0 saturated carbocycles. The summed E-state index contributed by atoms with van der Waals surface area (Å²) in [6.45, 7) is 0. The van der Waals surface area contributed by atoms with Crippen molar-refractivity contribution in [3.63, 3.8) is 0 Å². The van der Waals surface area contributed by atoms with E-state index in [0.29, 0.717) is 0 Å². The fourth-order valence-electron chi connectivity index (χ4n) is 0.651. The van der Waals surface area contributed by atoms with E-state index in [0.717, 1.165) is 11.0 Å². The number of aromatic nitrogens is 4. The Hall–Kier alpha value is -1.45. The van der Waals surface area contributed by atoms with Crippen molar-refractivity contribution in [1.82, 2.24) is 20.2 Å². The summed E-state index contributed by atoms with van der Waals surface area (Å²) in [5, 5.41) is 6.51. The number of nitrogens with one attached hydrogen (secondary N) is 1. The van der Waals surface area contributed by atoms with Gasteiger partial charge in [-0.3, -0.25) is 5.10 Å². The van der Waals surface area contributed by atoms with E-state index in [2.05, 4.69) is 26.5 Å². The van der Waals surface area contributed by atoms with Gasteiger partial charge in [-0.2, -0.15) is 5.10 Å². The van der Waals surface area contributed by atoms with E-state index in [1.54, 1.807) is 12.4 Å². The molecule has 2 aromatic heterocycles. The molecule has 0 aliphatic heterocycles. The van der Waals surface area contributed by atoms with E-state index in [4.69, 9.17) is 0 Å². The van der Waals surface area contributed by atoms with Crippen molar-refractivity contribution in [2.24, 2.45) is 0 Å².